The molecule has 0 aromatic carbocycles. The molecule has 2 fully saturated rings. The molecule has 0 saturated heterocycles. The number of nitrogens with zero attached hydrogens (tertiary/aromatic N) is 3. The highest BCUT2D eigenvalue weighted by Gasteiger charge is 2.72. The summed E-state index contributed by atoms with van der Waals surface area (Å²) in [6.07, 6.45) is 1.21. The first kappa shape index (κ1) is 21.0. The van der Waals surface area contributed by atoms with Crippen molar-refractivity contribution in [2.45, 2.75) is 44.3 Å². The van der Waals surface area contributed by atoms with Gasteiger partial charge in [-0.2, -0.15) is 13.2 Å². The summed E-state index contributed by atoms with van der Waals surface area (Å²) in [4.78, 5) is 34.0. The SMILES string of the molecule is O=C(O)C(F)(F)F.O=C(O)[C@@]12C[C@H](Nc3nc(-c4ccccn4)nc4c3CCC4)[C@@H]1C2. The van der Waals surface area contributed by atoms with E-state index in [1.807, 2.05) is 18.2 Å². The Morgan fingerprint density at radius 2 is 1.87 bits per heavy atom. The number of aliphatic carboxylic acids is 2. The molecule has 0 radical (unpaired) electrons. The van der Waals surface area contributed by atoms with Crippen molar-refractivity contribution < 1.29 is 33.0 Å². The second kappa shape index (κ2) is 7.47. The molecule has 3 atom stereocenters. The summed E-state index contributed by atoms with van der Waals surface area (Å²) in [5.74, 6) is -1.62. The maximum atomic E-state index is 11.3. The van der Waals surface area contributed by atoms with E-state index in [2.05, 4.69) is 10.3 Å². The minimum Gasteiger partial charge on any atom is -0.481 e. The van der Waals surface area contributed by atoms with Gasteiger partial charge >= 0.3 is 18.1 Å². The Bertz CT molecular complexity index is 1030. The number of alkyl halides is 3. The fraction of sp³-hybridized carbons (Fsp3) is 0.450. The smallest absolute Gasteiger partial charge is 0.481 e. The van der Waals surface area contributed by atoms with Crippen molar-refractivity contribution in [2.24, 2.45) is 11.3 Å². The summed E-state index contributed by atoms with van der Waals surface area (Å²) in [5, 5.41) is 19.9. The number of hydrogen-bond acceptors (Lipinski definition) is 6. The van der Waals surface area contributed by atoms with E-state index < -0.39 is 23.5 Å². The highest BCUT2D eigenvalue weighted by atomic mass is 19.4. The summed E-state index contributed by atoms with van der Waals surface area (Å²) in [6.45, 7) is 0. The maximum absolute atomic E-state index is 11.3. The lowest BCUT2D eigenvalue weighted by Gasteiger charge is -2.33. The lowest BCUT2D eigenvalue weighted by molar-refractivity contribution is -0.192. The van der Waals surface area contributed by atoms with Crippen LogP contribution in [0.5, 0.6) is 0 Å². The standard InChI is InChI=1S/C18H18N4O2.C2HF3O2/c23-17(24)18-8-11(18)14(9-18)21-15-10-4-3-6-12(10)20-16(22-15)13-5-1-2-7-19-13;3-2(4,5)1(6)7/h1-2,5,7,11,14H,3-4,6,8-9H2,(H,23,24)(H,20,21,22);(H,6,7)/t11-,14-,18-;/m0./s1. The predicted octanol–water partition coefficient (Wildman–Crippen LogP) is 2.94. The molecule has 2 saturated carbocycles. The third kappa shape index (κ3) is 3.91. The second-order valence-electron chi connectivity index (χ2n) is 7.92. The monoisotopic (exact) mass is 436 g/mol. The molecule has 0 bridgehead atoms. The summed E-state index contributed by atoms with van der Waals surface area (Å²) >= 11 is 0. The summed E-state index contributed by atoms with van der Waals surface area (Å²) < 4.78 is 31.7. The van der Waals surface area contributed by atoms with Crippen LogP contribution in [0.3, 0.4) is 0 Å². The molecule has 0 unspecified atom stereocenters. The number of carbonyl (C=O) groups is 2. The molecule has 8 nitrogen and oxygen atoms in total. The maximum Gasteiger partial charge on any atom is 0.490 e. The summed E-state index contributed by atoms with van der Waals surface area (Å²) in [6, 6.07) is 5.95. The van der Waals surface area contributed by atoms with E-state index in [1.165, 1.54) is 5.56 Å². The van der Waals surface area contributed by atoms with Gasteiger partial charge in [-0.15, -0.1) is 0 Å². The molecule has 164 valence electrons. The Labute approximate surface area is 174 Å². The fourth-order valence-corrected chi connectivity index (χ4v) is 4.29. The molecular formula is C20H19F3N4O4. The van der Waals surface area contributed by atoms with Gasteiger partial charge in [-0.25, -0.2) is 14.8 Å². The number of carboxylic acids is 2. The first-order chi connectivity index (χ1) is 14.6. The third-order valence-electron chi connectivity index (χ3n) is 6.02. The molecule has 0 aliphatic heterocycles. The van der Waals surface area contributed by atoms with E-state index in [1.54, 1.807) is 6.20 Å². The number of aryl methyl sites for hydroxylation is 1. The average Bonchev–Trinajstić information content (AvgIpc) is 3.07. The summed E-state index contributed by atoms with van der Waals surface area (Å²) in [5.41, 5.74) is 2.63. The quantitative estimate of drug-likeness (QED) is 0.668. The van der Waals surface area contributed by atoms with Gasteiger partial charge in [0.25, 0.3) is 0 Å². The molecule has 3 N–H and O–H groups in total. The van der Waals surface area contributed by atoms with Gasteiger partial charge in [-0.3, -0.25) is 9.78 Å². The Morgan fingerprint density at radius 3 is 2.42 bits per heavy atom. The zero-order valence-electron chi connectivity index (χ0n) is 16.2. The van der Waals surface area contributed by atoms with Crippen molar-refractivity contribution >= 4 is 17.8 Å². The molecule has 3 aliphatic carbocycles. The van der Waals surface area contributed by atoms with Gasteiger partial charge in [-0.05, 0) is 50.2 Å². The number of halogens is 3. The number of pyridine rings is 1. The van der Waals surface area contributed by atoms with E-state index in [0.29, 0.717) is 12.2 Å². The summed E-state index contributed by atoms with van der Waals surface area (Å²) in [7, 11) is 0. The van der Waals surface area contributed by atoms with Crippen LogP contribution < -0.4 is 5.32 Å². The van der Waals surface area contributed by atoms with Crippen molar-refractivity contribution in [1.82, 2.24) is 15.0 Å². The molecule has 3 aliphatic rings. The van der Waals surface area contributed by atoms with E-state index >= 15 is 0 Å². The number of hydrogen-bond donors (Lipinski definition) is 3. The van der Waals surface area contributed by atoms with Crippen molar-refractivity contribution in [2.75, 3.05) is 5.32 Å². The molecule has 5 rings (SSSR count). The molecule has 31 heavy (non-hydrogen) atoms. The Kier molecular flexibility index (Phi) is 5.06. The van der Waals surface area contributed by atoms with Crippen LogP contribution in [0.4, 0.5) is 19.0 Å². The second-order valence-corrected chi connectivity index (χ2v) is 7.92. The van der Waals surface area contributed by atoms with Gasteiger partial charge in [0, 0.05) is 23.5 Å². The highest BCUT2D eigenvalue weighted by molar-refractivity contribution is 5.81. The minimum absolute atomic E-state index is 0.220. The van der Waals surface area contributed by atoms with E-state index in [0.717, 1.165) is 42.9 Å². The van der Waals surface area contributed by atoms with Crippen LogP contribution in [0.15, 0.2) is 24.4 Å². The predicted molar refractivity (Wildman–Crippen MR) is 101 cm³/mol. The molecule has 2 aromatic rings. The van der Waals surface area contributed by atoms with Gasteiger partial charge in [0.15, 0.2) is 5.82 Å². The van der Waals surface area contributed by atoms with Crippen LogP contribution >= 0.6 is 0 Å². The Hall–Kier alpha value is -3.24. The van der Waals surface area contributed by atoms with E-state index in [9.17, 15) is 23.1 Å². The minimum atomic E-state index is -5.08. The largest absolute Gasteiger partial charge is 0.490 e. The first-order valence-corrected chi connectivity index (χ1v) is 9.73. The lowest BCUT2D eigenvalue weighted by atomic mass is 9.80. The van der Waals surface area contributed by atoms with Crippen LogP contribution in [-0.2, 0) is 22.4 Å². The Morgan fingerprint density at radius 1 is 1.13 bits per heavy atom. The van der Waals surface area contributed by atoms with Gasteiger partial charge in [0.05, 0.1) is 5.41 Å². The van der Waals surface area contributed by atoms with Crippen molar-refractivity contribution in [3.8, 4) is 11.5 Å². The molecule has 2 heterocycles. The molecule has 0 spiro atoms. The zero-order chi connectivity index (χ0) is 22.4. The van der Waals surface area contributed by atoms with Gasteiger partial charge in [0.1, 0.15) is 11.5 Å². The van der Waals surface area contributed by atoms with Crippen molar-refractivity contribution in [3.05, 3.63) is 35.7 Å². The number of carboxylic acid groups (broad SMARTS) is 2. The normalized spacial score (nSPS) is 25.3. The molecule has 11 heteroatoms. The number of nitrogens with one attached hydrogen (secondary N) is 1. The van der Waals surface area contributed by atoms with Gasteiger partial charge in [-0.1, -0.05) is 6.07 Å². The molecule has 0 amide bonds. The average molecular weight is 436 g/mol. The molecular weight excluding hydrogens is 417 g/mol. The topological polar surface area (TPSA) is 125 Å². The highest BCUT2D eigenvalue weighted by Crippen LogP contribution is 2.68. The first-order valence-electron chi connectivity index (χ1n) is 9.73. The lowest BCUT2D eigenvalue weighted by Crippen LogP contribution is -2.42. The van der Waals surface area contributed by atoms with Crippen LogP contribution in [-0.4, -0.2) is 49.3 Å². The third-order valence-corrected chi connectivity index (χ3v) is 6.02. The van der Waals surface area contributed by atoms with E-state index in [4.69, 9.17) is 19.9 Å². The number of rotatable bonds is 4. The van der Waals surface area contributed by atoms with Crippen molar-refractivity contribution in [3.63, 3.8) is 0 Å². The van der Waals surface area contributed by atoms with Crippen molar-refractivity contribution in [1.29, 1.82) is 0 Å². The molecule has 2 aromatic heterocycles. The van der Waals surface area contributed by atoms with Gasteiger partial charge in [0.2, 0.25) is 0 Å². The van der Waals surface area contributed by atoms with Crippen LogP contribution in [0.1, 0.15) is 30.5 Å². The van der Waals surface area contributed by atoms with Crippen LogP contribution in [0.25, 0.3) is 11.5 Å². The van der Waals surface area contributed by atoms with Crippen LogP contribution in [0, 0.1) is 11.3 Å². The van der Waals surface area contributed by atoms with E-state index in [-0.39, 0.29) is 12.0 Å². The zero-order valence-corrected chi connectivity index (χ0v) is 16.2. The fourth-order valence-electron chi connectivity index (χ4n) is 4.29. The van der Waals surface area contributed by atoms with Gasteiger partial charge < -0.3 is 15.5 Å². The number of fused-ring (bicyclic) bond motifs is 2. The number of aromatic nitrogens is 3. The number of anilines is 1. The Balaban J connectivity index is 0.000000289. The van der Waals surface area contributed by atoms with Crippen LogP contribution in [0.2, 0.25) is 0 Å².